The Morgan fingerprint density at radius 2 is 1.78 bits per heavy atom. The summed E-state index contributed by atoms with van der Waals surface area (Å²) in [6, 6.07) is 21.6. The number of allylic oxidation sites excluding steroid dienone is 2. The van der Waals surface area contributed by atoms with Crippen molar-refractivity contribution in [3.8, 4) is 6.07 Å². The highest BCUT2D eigenvalue weighted by Crippen LogP contribution is 2.56. The molecule has 6 heteroatoms. The molecule has 2 aliphatic heterocycles. The van der Waals surface area contributed by atoms with Gasteiger partial charge >= 0.3 is 0 Å². The molecule has 0 bridgehead atoms. The predicted molar refractivity (Wildman–Crippen MR) is 133 cm³/mol. The van der Waals surface area contributed by atoms with Gasteiger partial charge in [-0.25, -0.2) is 9.67 Å². The normalized spacial score (nSPS) is 20.7. The molecule has 0 aliphatic carbocycles. The quantitative estimate of drug-likeness (QED) is 0.546. The van der Waals surface area contributed by atoms with Gasteiger partial charge in [-0.15, -0.1) is 0 Å². The molecule has 5 rings (SSSR count). The second-order valence-electron chi connectivity index (χ2n) is 8.75. The number of rotatable bonds is 3. The van der Waals surface area contributed by atoms with Gasteiger partial charge in [-0.1, -0.05) is 62.4 Å². The van der Waals surface area contributed by atoms with E-state index in [1.807, 2.05) is 4.68 Å². The van der Waals surface area contributed by atoms with Crippen molar-refractivity contribution in [2.75, 3.05) is 11.9 Å². The van der Waals surface area contributed by atoms with E-state index in [4.69, 9.17) is 15.4 Å². The van der Waals surface area contributed by atoms with Crippen LogP contribution >= 0.6 is 7.92 Å². The topological polar surface area (TPSA) is 57.2 Å². The molecular formula is C26H26N5P. The van der Waals surface area contributed by atoms with E-state index in [-0.39, 0.29) is 5.41 Å². The van der Waals surface area contributed by atoms with E-state index in [0.29, 0.717) is 13.0 Å². The lowest BCUT2D eigenvalue weighted by atomic mass is 9.84. The summed E-state index contributed by atoms with van der Waals surface area (Å²) < 4.78 is 1.91. The SMILES string of the molecule is Cc1nn(CCC#N)c2c1P(c1ccccc1)/C(=C1\N(C)c3ccccc3C1(C)C)C=N2. The zero-order valence-electron chi connectivity index (χ0n) is 18.9. The molecule has 1 unspecified atom stereocenters. The Morgan fingerprint density at radius 3 is 2.50 bits per heavy atom. The van der Waals surface area contributed by atoms with Crippen LogP contribution in [-0.4, -0.2) is 23.0 Å². The lowest BCUT2D eigenvalue weighted by molar-refractivity contribution is 0.626. The maximum absolute atomic E-state index is 9.09. The fourth-order valence-electron chi connectivity index (χ4n) is 5.03. The summed E-state index contributed by atoms with van der Waals surface area (Å²) in [5.74, 6) is 0.896. The second-order valence-corrected chi connectivity index (χ2v) is 10.9. The number of likely N-dealkylation sites (N-methyl/N-ethyl adjacent to an activating group) is 1. The smallest absolute Gasteiger partial charge is 0.159 e. The van der Waals surface area contributed by atoms with E-state index in [9.17, 15) is 0 Å². The minimum atomic E-state index is -0.837. The fraction of sp³-hybridized carbons (Fsp3) is 0.269. The number of aryl methyl sites for hydroxylation is 2. The number of aromatic nitrogens is 2. The first-order valence-corrected chi connectivity index (χ1v) is 12.2. The maximum Gasteiger partial charge on any atom is 0.159 e. The average Bonchev–Trinajstić information content (AvgIpc) is 3.23. The number of nitriles is 1. The third-order valence-electron chi connectivity index (χ3n) is 6.40. The molecule has 160 valence electrons. The van der Waals surface area contributed by atoms with Crippen LogP contribution in [0.1, 0.15) is 31.5 Å². The van der Waals surface area contributed by atoms with E-state index in [1.165, 1.54) is 32.9 Å². The van der Waals surface area contributed by atoms with E-state index in [2.05, 4.69) is 99.6 Å². The van der Waals surface area contributed by atoms with E-state index < -0.39 is 7.92 Å². The van der Waals surface area contributed by atoms with Crippen LogP contribution in [0.3, 0.4) is 0 Å². The standard InChI is InChI=1S/C26H26N5P/c1-18-23-25(31(29-18)16-10-15-27)28-17-22(32(23)19-11-6-5-7-12-19)24-26(2,3)20-13-8-9-14-21(20)30(24)4/h5-9,11-14,17H,10,16H2,1-4H3/b24-22-. The molecule has 0 amide bonds. The molecular weight excluding hydrogens is 413 g/mol. The third-order valence-corrected chi connectivity index (χ3v) is 9.00. The Morgan fingerprint density at radius 1 is 1.06 bits per heavy atom. The Balaban J connectivity index is 1.77. The van der Waals surface area contributed by atoms with Gasteiger partial charge in [0.15, 0.2) is 5.82 Å². The molecule has 1 atom stereocenters. The van der Waals surface area contributed by atoms with Crippen LogP contribution in [0, 0.1) is 18.3 Å². The van der Waals surface area contributed by atoms with Crippen LogP contribution in [0.5, 0.6) is 0 Å². The molecule has 5 nitrogen and oxygen atoms in total. The van der Waals surface area contributed by atoms with Crippen molar-refractivity contribution in [2.24, 2.45) is 4.99 Å². The largest absolute Gasteiger partial charge is 0.346 e. The van der Waals surface area contributed by atoms with Crippen molar-refractivity contribution in [3.63, 3.8) is 0 Å². The molecule has 0 saturated heterocycles. The van der Waals surface area contributed by atoms with Gasteiger partial charge < -0.3 is 4.90 Å². The molecule has 3 aromatic rings. The highest BCUT2D eigenvalue weighted by molar-refractivity contribution is 7.78. The summed E-state index contributed by atoms with van der Waals surface area (Å²) in [4.78, 5) is 7.27. The Kier molecular flexibility index (Phi) is 4.99. The maximum atomic E-state index is 9.09. The van der Waals surface area contributed by atoms with Gasteiger partial charge in [0.05, 0.1) is 30.0 Å². The number of hydrogen-bond acceptors (Lipinski definition) is 4. The van der Waals surface area contributed by atoms with Crippen LogP contribution in [0.15, 0.2) is 70.6 Å². The summed E-state index contributed by atoms with van der Waals surface area (Å²) >= 11 is 0. The number of anilines is 1. The van der Waals surface area contributed by atoms with Crippen LogP contribution in [0.25, 0.3) is 0 Å². The molecule has 0 radical (unpaired) electrons. The number of hydrogen-bond donors (Lipinski definition) is 0. The van der Waals surface area contributed by atoms with E-state index in [1.54, 1.807) is 0 Å². The monoisotopic (exact) mass is 439 g/mol. The highest BCUT2D eigenvalue weighted by Gasteiger charge is 2.43. The zero-order chi connectivity index (χ0) is 22.5. The minimum absolute atomic E-state index is 0.135. The molecule has 0 N–H and O–H groups in total. The first-order valence-electron chi connectivity index (χ1n) is 10.9. The van der Waals surface area contributed by atoms with Gasteiger partial charge in [0.25, 0.3) is 0 Å². The van der Waals surface area contributed by atoms with Crippen molar-refractivity contribution in [2.45, 2.75) is 39.2 Å². The Hall–Kier alpha value is -3.22. The van der Waals surface area contributed by atoms with Crippen molar-refractivity contribution < 1.29 is 0 Å². The van der Waals surface area contributed by atoms with Gasteiger partial charge in [0.1, 0.15) is 0 Å². The average molecular weight is 440 g/mol. The van der Waals surface area contributed by atoms with Crippen LogP contribution in [-0.2, 0) is 12.0 Å². The first-order chi connectivity index (χ1) is 15.4. The number of para-hydroxylation sites is 1. The molecule has 0 saturated carbocycles. The number of aliphatic imine (C=N–C) groups is 1. The van der Waals surface area contributed by atoms with Gasteiger partial charge in [0, 0.05) is 35.4 Å². The van der Waals surface area contributed by atoms with Gasteiger partial charge in [-0.3, -0.25) is 0 Å². The summed E-state index contributed by atoms with van der Waals surface area (Å²) in [6.45, 7) is 7.25. The lowest BCUT2D eigenvalue weighted by Crippen LogP contribution is -2.28. The van der Waals surface area contributed by atoms with Crippen LogP contribution < -0.4 is 15.5 Å². The summed E-state index contributed by atoms with van der Waals surface area (Å²) in [7, 11) is 1.33. The second kappa shape index (κ2) is 7.73. The lowest BCUT2D eigenvalue weighted by Gasteiger charge is -2.32. The van der Waals surface area contributed by atoms with Gasteiger partial charge in [0.2, 0.25) is 0 Å². The molecule has 32 heavy (non-hydrogen) atoms. The predicted octanol–water partition coefficient (Wildman–Crippen LogP) is 4.89. The Labute approximate surface area is 190 Å². The van der Waals surface area contributed by atoms with Crippen molar-refractivity contribution in [1.29, 1.82) is 5.26 Å². The number of benzene rings is 2. The van der Waals surface area contributed by atoms with Crippen molar-refractivity contribution >= 4 is 36.3 Å². The molecule has 2 aliphatic rings. The minimum Gasteiger partial charge on any atom is -0.346 e. The third kappa shape index (κ3) is 3.02. The van der Waals surface area contributed by atoms with E-state index in [0.717, 1.165) is 11.5 Å². The molecule has 3 heterocycles. The zero-order valence-corrected chi connectivity index (χ0v) is 19.8. The fourth-order valence-corrected chi connectivity index (χ4v) is 7.83. The summed E-state index contributed by atoms with van der Waals surface area (Å²) in [5.41, 5.74) is 4.76. The van der Waals surface area contributed by atoms with Crippen LogP contribution in [0.2, 0.25) is 0 Å². The number of nitrogens with zero attached hydrogens (tertiary/aromatic N) is 5. The van der Waals surface area contributed by atoms with Crippen molar-refractivity contribution in [3.05, 3.63) is 76.9 Å². The highest BCUT2D eigenvalue weighted by atomic mass is 31.1. The molecule has 0 spiro atoms. The summed E-state index contributed by atoms with van der Waals surface area (Å²) in [5, 5.41) is 17.6. The Bertz CT molecular complexity index is 1290. The molecule has 2 aromatic carbocycles. The van der Waals surface area contributed by atoms with Gasteiger partial charge in [-0.2, -0.15) is 10.4 Å². The summed E-state index contributed by atoms with van der Waals surface area (Å²) in [6.07, 6.45) is 2.48. The molecule has 1 aromatic heterocycles. The van der Waals surface area contributed by atoms with Crippen LogP contribution in [0.4, 0.5) is 11.5 Å². The van der Waals surface area contributed by atoms with Crippen molar-refractivity contribution in [1.82, 2.24) is 9.78 Å². The number of fused-ring (bicyclic) bond motifs is 2. The molecule has 0 fully saturated rings. The van der Waals surface area contributed by atoms with E-state index >= 15 is 0 Å². The first kappa shape index (κ1) is 20.7. The van der Waals surface area contributed by atoms with Gasteiger partial charge in [-0.05, 0) is 31.8 Å².